The lowest BCUT2D eigenvalue weighted by Gasteiger charge is -2.32. The van der Waals surface area contributed by atoms with E-state index in [9.17, 15) is 9.59 Å². The summed E-state index contributed by atoms with van der Waals surface area (Å²) in [6, 6.07) is 19.7. The Hall–Kier alpha value is -3.87. The monoisotopic (exact) mass is 484 g/mol. The van der Waals surface area contributed by atoms with Gasteiger partial charge in [-0.1, -0.05) is 36.4 Å². The van der Waals surface area contributed by atoms with Gasteiger partial charge in [0, 0.05) is 44.3 Å². The van der Waals surface area contributed by atoms with E-state index < -0.39 is 0 Å². The molecule has 1 saturated heterocycles. The number of rotatable bonds is 5. The second-order valence-electron chi connectivity index (χ2n) is 9.58. The molecule has 1 aromatic heterocycles. The number of amides is 3. The summed E-state index contributed by atoms with van der Waals surface area (Å²) in [4.78, 5) is 34.9. The summed E-state index contributed by atoms with van der Waals surface area (Å²) in [5.41, 5.74) is 5.91. The lowest BCUT2D eigenvalue weighted by molar-refractivity contribution is 0.0748. The average molecular weight is 485 g/mol. The molecule has 5 rings (SSSR count). The highest BCUT2D eigenvalue weighted by Gasteiger charge is 2.31. The van der Waals surface area contributed by atoms with Crippen LogP contribution in [0.4, 0.5) is 4.79 Å². The number of hydrogen-bond acceptors (Lipinski definition) is 4. The number of pyridine rings is 1. The van der Waals surface area contributed by atoms with Crippen molar-refractivity contribution in [2.24, 2.45) is 0 Å². The van der Waals surface area contributed by atoms with Gasteiger partial charge in [0.2, 0.25) is 0 Å². The van der Waals surface area contributed by atoms with E-state index in [1.807, 2.05) is 65.3 Å². The zero-order valence-corrected chi connectivity index (χ0v) is 20.9. The molecule has 1 fully saturated rings. The van der Waals surface area contributed by atoms with Gasteiger partial charge in [-0.2, -0.15) is 0 Å². The van der Waals surface area contributed by atoms with Gasteiger partial charge < -0.3 is 19.9 Å². The number of aromatic nitrogens is 1. The van der Waals surface area contributed by atoms with Crippen molar-refractivity contribution in [1.82, 2.24) is 20.1 Å². The quantitative estimate of drug-likeness (QED) is 0.572. The number of fused-ring (bicyclic) bond motifs is 1. The number of carbonyl (C=O) groups excluding carboxylic acids is 2. The lowest BCUT2D eigenvalue weighted by atomic mass is 9.89. The summed E-state index contributed by atoms with van der Waals surface area (Å²) in [6.45, 7) is 4.98. The van der Waals surface area contributed by atoms with Gasteiger partial charge in [-0.15, -0.1) is 0 Å². The van der Waals surface area contributed by atoms with E-state index in [1.54, 1.807) is 7.11 Å². The zero-order valence-electron chi connectivity index (χ0n) is 20.9. The van der Waals surface area contributed by atoms with Crippen LogP contribution in [0.3, 0.4) is 0 Å². The van der Waals surface area contributed by atoms with Gasteiger partial charge >= 0.3 is 6.03 Å². The largest absolute Gasteiger partial charge is 0.497 e. The van der Waals surface area contributed by atoms with Crippen LogP contribution in [0.1, 0.15) is 57.2 Å². The van der Waals surface area contributed by atoms with Crippen LogP contribution >= 0.6 is 0 Å². The molecule has 0 spiro atoms. The predicted molar refractivity (Wildman–Crippen MR) is 138 cm³/mol. The van der Waals surface area contributed by atoms with Crippen molar-refractivity contribution in [3.63, 3.8) is 0 Å². The zero-order chi connectivity index (χ0) is 25.1. The minimum Gasteiger partial charge on any atom is -0.497 e. The van der Waals surface area contributed by atoms with Crippen LogP contribution in [-0.4, -0.2) is 46.9 Å². The van der Waals surface area contributed by atoms with Gasteiger partial charge in [-0.25, -0.2) is 4.79 Å². The van der Waals surface area contributed by atoms with Gasteiger partial charge in [0.1, 0.15) is 5.75 Å². The number of urea groups is 1. The molecule has 0 aliphatic carbocycles. The molecule has 0 radical (unpaired) electrons. The smallest absolute Gasteiger partial charge is 0.317 e. The number of benzene rings is 2. The average Bonchev–Trinajstić information content (AvgIpc) is 3.36. The molecular formula is C29H32N4O3. The first kappa shape index (κ1) is 23.9. The van der Waals surface area contributed by atoms with Crippen molar-refractivity contribution in [3.05, 3.63) is 94.3 Å². The number of nitrogens with zero attached hydrogens (tertiary/aromatic N) is 3. The van der Waals surface area contributed by atoms with E-state index in [0.29, 0.717) is 38.3 Å². The fourth-order valence-corrected chi connectivity index (χ4v) is 5.10. The lowest BCUT2D eigenvalue weighted by Crippen LogP contribution is -2.44. The maximum atomic E-state index is 13.5. The summed E-state index contributed by atoms with van der Waals surface area (Å²) in [6.07, 6.45) is 1.57. The number of methoxy groups -OCH3 is 1. The molecule has 0 saturated carbocycles. The van der Waals surface area contributed by atoms with Crippen LogP contribution in [0, 0.1) is 6.92 Å². The minimum absolute atomic E-state index is 0.0355. The molecule has 3 aromatic rings. The molecule has 2 aromatic carbocycles. The first-order valence-electron chi connectivity index (χ1n) is 12.5. The maximum Gasteiger partial charge on any atom is 0.317 e. The third-order valence-corrected chi connectivity index (χ3v) is 7.19. The number of hydrogen-bond donors (Lipinski definition) is 1. The molecule has 7 heteroatoms. The normalized spacial score (nSPS) is 15.5. The predicted octanol–water partition coefficient (Wildman–Crippen LogP) is 4.64. The van der Waals surface area contributed by atoms with E-state index in [4.69, 9.17) is 9.72 Å². The SMILES string of the molecule is COc1ccc(CNC(=O)N2CCC(c3nc(C)ccc3C(=O)N3Cc4ccccc4C3)CC2)cc1. The summed E-state index contributed by atoms with van der Waals surface area (Å²) >= 11 is 0. The van der Waals surface area contributed by atoms with Crippen LogP contribution in [0.5, 0.6) is 5.75 Å². The molecule has 2 aliphatic heterocycles. The molecule has 36 heavy (non-hydrogen) atoms. The Bertz CT molecular complexity index is 1220. The number of ether oxygens (including phenoxy) is 1. The Morgan fingerprint density at radius 1 is 0.944 bits per heavy atom. The van der Waals surface area contributed by atoms with Gasteiger partial charge in [-0.3, -0.25) is 9.78 Å². The Labute approximate surface area is 212 Å². The van der Waals surface area contributed by atoms with Crippen LogP contribution in [0.25, 0.3) is 0 Å². The van der Waals surface area contributed by atoms with E-state index in [0.717, 1.165) is 35.5 Å². The fourth-order valence-electron chi connectivity index (χ4n) is 5.10. The van der Waals surface area contributed by atoms with Crippen LogP contribution in [0.15, 0.2) is 60.7 Å². The Morgan fingerprint density at radius 3 is 2.25 bits per heavy atom. The minimum atomic E-state index is -0.0624. The summed E-state index contributed by atoms with van der Waals surface area (Å²) in [5, 5.41) is 3.02. The van der Waals surface area contributed by atoms with Gasteiger partial charge in [0.15, 0.2) is 0 Å². The van der Waals surface area contributed by atoms with Crippen molar-refractivity contribution in [3.8, 4) is 5.75 Å². The molecule has 3 amide bonds. The van der Waals surface area contributed by atoms with Crippen molar-refractivity contribution in [1.29, 1.82) is 0 Å². The van der Waals surface area contributed by atoms with E-state index in [-0.39, 0.29) is 17.9 Å². The highest BCUT2D eigenvalue weighted by atomic mass is 16.5. The van der Waals surface area contributed by atoms with Gasteiger partial charge in [-0.05, 0) is 60.7 Å². The standard InChI is InChI=1S/C29H32N4O3/c1-20-7-12-26(28(34)33-18-23-5-3-4-6-24(23)19-33)27(31-20)22-13-15-32(16-14-22)29(35)30-17-21-8-10-25(36-2)11-9-21/h3-12,22H,13-19H2,1-2H3,(H,30,35). The highest BCUT2D eigenvalue weighted by Crippen LogP contribution is 2.32. The molecule has 1 N–H and O–H groups in total. The first-order valence-corrected chi connectivity index (χ1v) is 12.5. The number of likely N-dealkylation sites (tertiary alicyclic amines) is 1. The second-order valence-corrected chi connectivity index (χ2v) is 9.58. The Balaban J connectivity index is 1.21. The van der Waals surface area contributed by atoms with Crippen LogP contribution in [0.2, 0.25) is 0 Å². The molecule has 0 atom stereocenters. The van der Waals surface area contributed by atoms with E-state index in [1.165, 1.54) is 11.1 Å². The third kappa shape index (κ3) is 5.05. The molecule has 0 unspecified atom stereocenters. The fraction of sp³-hybridized carbons (Fsp3) is 0.345. The Morgan fingerprint density at radius 2 is 1.61 bits per heavy atom. The topological polar surface area (TPSA) is 74.8 Å². The summed E-state index contributed by atoms with van der Waals surface area (Å²) < 4.78 is 5.19. The van der Waals surface area contributed by atoms with Crippen molar-refractivity contribution < 1.29 is 14.3 Å². The van der Waals surface area contributed by atoms with Gasteiger partial charge in [0.05, 0.1) is 18.4 Å². The highest BCUT2D eigenvalue weighted by molar-refractivity contribution is 5.95. The summed E-state index contributed by atoms with van der Waals surface area (Å²) in [7, 11) is 1.64. The van der Waals surface area contributed by atoms with E-state index >= 15 is 0 Å². The number of piperidine rings is 1. The molecule has 7 nitrogen and oxygen atoms in total. The third-order valence-electron chi connectivity index (χ3n) is 7.19. The molecule has 0 bridgehead atoms. The van der Waals surface area contributed by atoms with Gasteiger partial charge in [0.25, 0.3) is 5.91 Å². The number of aryl methyl sites for hydroxylation is 1. The molecule has 3 heterocycles. The summed E-state index contributed by atoms with van der Waals surface area (Å²) in [5.74, 6) is 0.983. The molecule has 2 aliphatic rings. The van der Waals surface area contributed by atoms with Crippen molar-refractivity contribution >= 4 is 11.9 Å². The first-order chi connectivity index (χ1) is 17.5. The molecular weight excluding hydrogens is 452 g/mol. The van der Waals surface area contributed by atoms with Crippen LogP contribution in [-0.2, 0) is 19.6 Å². The number of carbonyl (C=O) groups is 2. The van der Waals surface area contributed by atoms with E-state index in [2.05, 4.69) is 17.4 Å². The Kier molecular flexibility index (Phi) is 6.89. The number of nitrogens with one attached hydrogen (secondary N) is 1. The van der Waals surface area contributed by atoms with Crippen LogP contribution < -0.4 is 10.1 Å². The second kappa shape index (κ2) is 10.4. The maximum absolute atomic E-state index is 13.5. The molecule has 186 valence electrons. The van der Waals surface area contributed by atoms with Crippen molar-refractivity contribution in [2.75, 3.05) is 20.2 Å². The van der Waals surface area contributed by atoms with Crippen molar-refractivity contribution in [2.45, 2.75) is 45.3 Å².